The van der Waals surface area contributed by atoms with Crippen LogP contribution in [0.2, 0.25) is 0 Å². The van der Waals surface area contributed by atoms with Crippen molar-refractivity contribution in [2.24, 2.45) is 5.73 Å². The molecule has 1 rings (SSSR count). The van der Waals surface area contributed by atoms with Gasteiger partial charge in [-0.15, -0.1) is 11.3 Å². The molecule has 1 aromatic heterocycles. The van der Waals surface area contributed by atoms with Crippen LogP contribution in [0.25, 0.3) is 0 Å². The average molecular weight is 155 g/mol. The van der Waals surface area contributed by atoms with Crippen molar-refractivity contribution in [3.63, 3.8) is 0 Å². The first kappa shape index (κ1) is 7.27. The fourth-order valence-electron chi connectivity index (χ4n) is 0.555. The molecule has 10 heavy (non-hydrogen) atoms. The summed E-state index contributed by atoms with van der Waals surface area (Å²) >= 11 is 0.851. The Balaban J connectivity index is 3.15. The maximum Gasteiger partial charge on any atom is 0.261 e. The van der Waals surface area contributed by atoms with Crippen LogP contribution >= 0.6 is 11.3 Å². The molecule has 0 spiro atoms. The number of primary amides is 1. The number of nitrogens with two attached hydrogens (primary N) is 1. The van der Waals surface area contributed by atoms with E-state index in [1.54, 1.807) is 0 Å². The molecule has 1 heterocycles. The monoisotopic (exact) mass is 155 g/mol. The summed E-state index contributed by atoms with van der Waals surface area (Å²) in [6.45, 7) is 0. The van der Waals surface area contributed by atoms with Crippen LogP contribution in [0.3, 0.4) is 0 Å². The van der Waals surface area contributed by atoms with Crippen molar-refractivity contribution < 1.29 is 9.18 Å². The van der Waals surface area contributed by atoms with Gasteiger partial charge in [0.1, 0.15) is 18.5 Å². The predicted molar refractivity (Wildman–Crippen MR) is 38.2 cm³/mol. The van der Waals surface area contributed by atoms with Crippen molar-refractivity contribution in [1.82, 2.24) is 0 Å². The van der Waals surface area contributed by atoms with E-state index in [4.69, 9.17) is 13.6 Å². The van der Waals surface area contributed by atoms with Crippen molar-refractivity contribution in [2.45, 2.75) is 0 Å². The Bertz CT molecular complexity index is 273. The van der Waals surface area contributed by atoms with Gasteiger partial charge in [0.05, 0.1) is 0 Å². The summed E-state index contributed by atoms with van der Waals surface area (Å²) < 4.78 is 12.7. The molecular formula is C5H3BFNOS. The lowest BCUT2D eigenvalue weighted by Gasteiger charge is -1.84. The van der Waals surface area contributed by atoms with Crippen molar-refractivity contribution >= 4 is 29.9 Å². The minimum Gasteiger partial charge on any atom is -0.365 e. The third-order valence-corrected chi connectivity index (χ3v) is 1.88. The Hall–Kier alpha value is -0.835. The molecule has 0 unspecified atom stereocenters. The molecule has 0 aromatic carbocycles. The molecular weight excluding hydrogens is 152 g/mol. The molecule has 50 valence electrons. The fourth-order valence-corrected chi connectivity index (χ4v) is 1.21. The lowest BCUT2D eigenvalue weighted by Crippen LogP contribution is -2.10. The van der Waals surface area contributed by atoms with Gasteiger partial charge in [-0.25, -0.2) is 4.39 Å². The summed E-state index contributed by atoms with van der Waals surface area (Å²) in [6.07, 6.45) is 0. The van der Waals surface area contributed by atoms with Crippen LogP contribution in [0.1, 0.15) is 9.67 Å². The number of amides is 1. The maximum absolute atomic E-state index is 12.5. The summed E-state index contributed by atoms with van der Waals surface area (Å²) in [4.78, 5) is 10.3. The standard InChI is InChI=1S/C5H3BFNOS/c6-3-1-2(7)4(10-3)5(8)9/h1H,(H2,8,9). The minimum atomic E-state index is -0.779. The molecule has 0 bridgehead atoms. The van der Waals surface area contributed by atoms with E-state index in [0.29, 0.717) is 0 Å². The number of hydrogen-bond donors (Lipinski definition) is 1. The molecule has 0 aliphatic rings. The number of thiophene rings is 1. The molecule has 0 aliphatic carbocycles. The van der Waals surface area contributed by atoms with Crippen molar-refractivity contribution in [3.8, 4) is 0 Å². The van der Waals surface area contributed by atoms with Crippen molar-refractivity contribution in [1.29, 1.82) is 0 Å². The minimum absolute atomic E-state index is 0.113. The highest BCUT2D eigenvalue weighted by atomic mass is 32.1. The molecule has 1 aromatic rings. The van der Waals surface area contributed by atoms with Crippen LogP contribution in [0.15, 0.2) is 6.07 Å². The van der Waals surface area contributed by atoms with E-state index >= 15 is 0 Å². The lowest BCUT2D eigenvalue weighted by molar-refractivity contribution is 0.100. The first-order valence-electron chi connectivity index (χ1n) is 2.46. The molecule has 2 nitrogen and oxygen atoms in total. The SMILES string of the molecule is [B]c1cc(F)c(C(N)=O)s1. The largest absolute Gasteiger partial charge is 0.365 e. The quantitative estimate of drug-likeness (QED) is 0.559. The Morgan fingerprint density at radius 2 is 2.40 bits per heavy atom. The van der Waals surface area contributed by atoms with Gasteiger partial charge in [-0.05, 0) is 10.8 Å². The van der Waals surface area contributed by atoms with Gasteiger partial charge < -0.3 is 5.73 Å². The number of carbonyl (C=O) groups is 1. The Morgan fingerprint density at radius 1 is 1.80 bits per heavy atom. The number of carbonyl (C=O) groups excluding carboxylic acids is 1. The molecule has 0 atom stereocenters. The van der Waals surface area contributed by atoms with E-state index in [2.05, 4.69) is 0 Å². The predicted octanol–water partition coefficient (Wildman–Crippen LogP) is -0.220. The number of halogens is 1. The smallest absolute Gasteiger partial charge is 0.261 e. The normalized spacial score (nSPS) is 9.70. The summed E-state index contributed by atoms with van der Waals surface area (Å²) in [7, 11) is 5.19. The first-order valence-corrected chi connectivity index (χ1v) is 3.27. The van der Waals surface area contributed by atoms with Gasteiger partial charge in [-0.1, -0.05) is 0 Å². The third-order valence-electron chi connectivity index (χ3n) is 0.930. The van der Waals surface area contributed by atoms with Crippen molar-refractivity contribution in [3.05, 3.63) is 16.8 Å². The molecule has 2 radical (unpaired) electrons. The first-order chi connectivity index (χ1) is 4.61. The van der Waals surface area contributed by atoms with E-state index in [0.717, 1.165) is 17.4 Å². The van der Waals surface area contributed by atoms with E-state index < -0.39 is 11.7 Å². The van der Waals surface area contributed by atoms with Crippen LogP contribution in [-0.2, 0) is 0 Å². The molecule has 2 N–H and O–H groups in total. The summed E-state index contributed by atoms with van der Waals surface area (Å²) in [5, 5.41) is 0. The fraction of sp³-hybridized carbons (Fsp3) is 0. The van der Waals surface area contributed by atoms with Crippen LogP contribution in [0, 0.1) is 5.82 Å². The van der Waals surface area contributed by atoms with Gasteiger partial charge in [0.2, 0.25) is 0 Å². The van der Waals surface area contributed by atoms with Crippen LogP contribution in [0.5, 0.6) is 0 Å². The molecule has 0 saturated heterocycles. The number of hydrogen-bond acceptors (Lipinski definition) is 2. The second-order valence-corrected chi connectivity index (χ2v) is 2.77. The molecule has 0 saturated carbocycles. The second kappa shape index (κ2) is 2.42. The highest BCUT2D eigenvalue weighted by Crippen LogP contribution is 2.10. The van der Waals surface area contributed by atoms with Gasteiger partial charge in [0.15, 0.2) is 0 Å². The van der Waals surface area contributed by atoms with E-state index in [1.165, 1.54) is 0 Å². The lowest BCUT2D eigenvalue weighted by atomic mass is 10.1. The molecule has 0 aliphatic heterocycles. The highest BCUT2D eigenvalue weighted by Gasteiger charge is 2.10. The zero-order valence-electron chi connectivity index (χ0n) is 4.93. The van der Waals surface area contributed by atoms with Gasteiger partial charge in [-0.3, -0.25) is 4.79 Å². The van der Waals surface area contributed by atoms with Crippen LogP contribution in [0.4, 0.5) is 4.39 Å². The van der Waals surface area contributed by atoms with E-state index in [9.17, 15) is 9.18 Å². The van der Waals surface area contributed by atoms with Gasteiger partial charge in [0.25, 0.3) is 5.91 Å². The second-order valence-electron chi connectivity index (χ2n) is 1.69. The Kier molecular flexibility index (Phi) is 1.76. The zero-order valence-corrected chi connectivity index (χ0v) is 5.74. The maximum atomic E-state index is 12.5. The molecule has 1 amide bonds. The average Bonchev–Trinajstić information content (AvgIpc) is 2.10. The van der Waals surface area contributed by atoms with Gasteiger partial charge >= 0.3 is 0 Å². The third kappa shape index (κ3) is 1.18. The Morgan fingerprint density at radius 3 is 2.60 bits per heavy atom. The summed E-state index contributed by atoms with van der Waals surface area (Å²) in [5.74, 6) is -1.42. The Labute approximate surface area is 62.3 Å². The van der Waals surface area contributed by atoms with E-state index in [-0.39, 0.29) is 9.65 Å². The van der Waals surface area contributed by atoms with E-state index in [1.807, 2.05) is 0 Å². The van der Waals surface area contributed by atoms with Gasteiger partial charge in [0, 0.05) is 0 Å². The highest BCUT2D eigenvalue weighted by molar-refractivity contribution is 7.21. The zero-order chi connectivity index (χ0) is 7.72. The van der Waals surface area contributed by atoms with Crippen LogP contribution < -0.4 is 10.5 Å². The summed E-state index contributed by atoms with van der Waals surface area (Å²) in [5.41, 5.74) is 4.80. The topological polar surface area (TPSA) is 43.1 Å². The van der Waals surface area contributed by atoms with Crippen LogP contribution in [-0.4, -0.2) is 13.8 Å². The number of rotatable bonds is 1. The van der Waals surface area contributed by atoms with Gasteiger partial charge in [-0.2, -0.15) is 0 Å². The molecule has 0 fully saturated rings. The van der Waals surface area contributed by atoms with Crippen molar-refractivity contribution in [2.75, 3.05) is 0 Å². The molecule has 5 heteroatoms. The summed E-state index contributed by atoms with van der Waals surface area (Å²) in [6, 6.07) is 1.07.